The highest BCUT2D eigenvalue weighted by Crippen LogP contribution is 2.21. The second-order valence-corrected chi connectivity index (χ2v) is 5.84. The maximum absolute atomic E-state index is 13.0. The Kier molecular flexibility index (Phi) is 7.10. The monoisotopic (exact) mass is 281 g/mol. The van der Waals surface area contributed by atoms with E-state index in [1.807, 2.05) is 0 Å². The van der Waals surface area contributed by atoms with Crippen LogP contribution in [-0.4, -0.2) is 36.1 Å². The number of halogens is 1. The van der Waals surface area contributed by atoms with Crippen LogP contribution in [0.3, 0.4) is 0 Å². The lowest BCUT2D eigenvalue weighted by molar-refractivity contribution is 0.208. The van der Waals surface area contributed by atoms with Gasteiger partial charge in [-0.25, -0.2) is 4.39 Å². The van der Waals surface area contributed by atoms with Crippen LogP contribution in [0.4, 0.5) is 4.39 Å². The molecule has 0 spiro atoms. The second-order valence-electron chi connectivity index (χ2n) is 5.84. The SMILES string of the molecule is CCCNC(c1ccc(F)cn1)C(C)CN(C)C(C)C. The molecular formula is C16H28FN3. The van der Waals surface area contributed by atoms with Gasteiger partial charge < -0.3 is 10.2 Å². The largest absolute Gasteiger partial charge is 0.308 e. The van der Waals surface area contributed by atoms with E-state index in [1.54, 1.807) is 6.07 Å². The van der Waals surface area contributed by atoms with Crippen molar-refractivity contribution >= 4 is 0 Å². The molecule has 0 aliphatic rings. The molecule has 0 aliphatic heterocycles. The van der Waals surface area contributed by atoms with Crippen molar-refractivity contribution in [2.45, 2.75) is 46.2 Å². The summed E-state index contributed by atoms with van der Waals surface area (Å²) < 4.78 is 13.0. The van der Waals surface area contributed by atoms with Crippen LogP contribution in [-0.2, 0) is 0 Å². The summed E-state index contributed by atoms with van der Waals surface area (Å²) in [5.74, 6) is 0.127. The van der Waals surface area contributed by atoms with Crippen molar-refractivity contribution in [3.05, 3.63) is 29.8 Å². The minimum absolute atomic E-state index is 0.164. The third kappa shape index (κ3) is 5.17. The number of hydrogen-bond donors (Lipinski definition) is 1. The van der Waals surface area contributed by atoms with Crippen LogP contribution in [0.15, 0.2) is 18.3 Å². The Morgan fingerprint density at radius 2 is 2.00 bits per heavy atom. The molecule has 1 aromatic rings. The Morgan fingerprint density at radius 3 is 2.50 bits per heavy atom. The van der Waals surface area contributed by atoms with E-state index in [0.29, 0.717) is 12.0 Å². The lowest BCUT2D eigenvalue weighted by Crippen LogP contribution is -2.37. The van der Waals surface area contributed by atoms with E-state index in [0.717, 1.165) is 25.2 Å². The van der Waals surface area contributed by atoms with Gasteiger partial charge in [-0.05, 0) is 51.9 Å². The highest BCUT2D eigenvalue weighted by molar-refractivity contribution is 5.11. The van der Waals surface area contributed by atoms with Crippen LogP contribution in [0.5, 0.6) is 0 Å². The summed E-state index contributed by atoms with van der Waals surface area (Å²) in [5, 5.41) is 3.54. The molecule has 0 fully saturated rings. The summed E-state index contributed by atoms with van der Waals surface area (Å²) >= 11 is 0. The summed E-state index contributed by atoms with van der Waals surface area (Å²) in [7, 11) is 2.14. The molecule has 2 atom stereocenters. The van der Waals surface area contributed by atoms with Crippen molar-refractivity contribution in [1.82, 2.24) is 15.2 Å². The summed E-state index contributed by atoms with van der Waals surface area (Å²) in [4.78, 5) is 6.58. The quantitative estimate of drug-likeness (QED) is 0.793. The number of hydrogen-bond acceptors (Lipinski definition) is 3. The lowest BCUT2D eigenvalue weighted by atomic mass is 9.97. The number of nitrogens with zero attached hydrogens (tertiary/aromatic N) is 2. The number of rotatable bonds is 8. The molecule has 0 saturated carbocycles. The van der Waals surface area contributed by atoms with Crippen LogP contribution in [0.25, 0.3) is 0 Å². The zero-order chi connectivity index (χ0) is 15.1. The Morgan fingerprint density at radius 1 is 1.30 bits per heavy atom. The zero-order valence-corrected chi connectivity index (χ0v) is 13.4. The predicted molar refractivity (Wildman–Crippen MR) is 82.2 cm³/mol. The van der Waals surface area contributed by atoms with Gasteiger partial charge in [0.05, 0.1) is 17.9 Å². The molecule has 114 valence electrons. The molecule has 0 bridgehead atoms. The number of pyridine rings is 1. The second kappa shape index (κ2) is 8.32. The van der Waals surface area contributed by atoms with E-state index in [-0.39, 0.29) is 11.9 Å². The molecule has 1 rings (SSSR count). The Balaban J connectivity index is 2.79. The van der Waals surface area contributed by atoms with Gasteiger partial charge in [0.1, 0.15) is 5.82 Å². The topological polar surface area (TPSA) is 28.2 Å². The highest BCUT2D eigenvalue weighted by Gasteiger charge is 2.22. The van der Waals surface area contributed by atoms with E-state index in [9.17, 15) is 4.39 Å². The van der Waals surface area contributed by atoms with Crippen LogP contribution in [0, 0.1) is 11.7 Å². The van der Waals surface area contributed by atoms with Gasteiger partial charge >= 0.3 is 0 Å². The zero-order valence-electron chi connectivity index (χ0n) is 13.4. The fourth-order valence-electron chi connectivity index (χ4n) is 2.24. The molecule has 1 heterocycles. The number of nitrogens with one attached hydrogen (secondary N) is 1. The van der Waals surface area contributed by atoms with Gasteiger partial charge in [-0.3, -0.25) is 4.98 Å². The molecule has 0 saturated heterocycles. The average molecular weight is 281 g/mol. The van der Waals surface area contributed by atoms with Crippen molar-refractivity contribution in [3.63, 3.8) is 0 Å². The van der Waals surface area contributed by atoms with Crippen molar-refractivity contribution in [1.29, 1.82) is 0 Å². The van der Waals surface area contributed by atoms with Gasteiger partial charge in [-0.1, -0.05) is 13.8 Å². The van der Waals surface area contributed by atoms with E-state index in [4.69, 9.17) is 0 Å². The Hall–Kier alpha value is -1.00. The first-order chi connectivity index (χ1) is 9.45. The molecule has 0 aromatic carbocycles. The molecule has 1 aromatic heterocycles. The summed E-state index contributed by atoms with van der Waals surface area (Å²) in [5.41, 5.74) is 0.921. The molecular weight excluding hydrogens is 253 g/mol. The minimum atomic E-state index is -0.282. The normalized spacial score (nSPS) is 14.8. The van der Waals surface area contributed by atoms with Gasteiger partial charge in [0.2, 0.25) is 0 Å². The first-order valence-electron chi connectivity index (χ1n) is 7.50. The van der Waals surface area contributed by atoms with Crippen LogP contribution in [0.1, 0.15) is 45.9 Å². The predicted octanol–water partition coefficient (Wildman–Crippen LogP) is 3.24. The van der Waals surface area contributed by atoms with Gasteiger partial charge in [0, 0.05) is 12.6 Å². The fraction of sp³-hybridized carbons (Fsp3) is 0.688. The van der Waals surface area contributed by atoms with Crippen LogP contribution < -0.4 is 5.32 Å². The van der Waals surface area contributed by atoms with E-state index >= 15 is 0 Å². The lowest BCUT2D eigenvalue weighted by Gasteiger charge is -2.30. The molecule has 1 N–H and O–H groups in total. The number of aromatic nitrogens is 1. The maximum atomic E-state index is 13.0. The molecule has 4 heteroatoms. The molecule has 2 unspecified atom stereocenters. The van der Waals surface area contributed by atoms with Crippen molar-refractivity contribution < 1.29 is 4.39 Å². The van der Waals surface area contributed by atoms with Crippen molar-refractivity contribution in [3.8, 4) is 0 Å². The average Bonchev–Trinajstić information content (AvgIpc) is 2.41. The van der Waals surface area contributed by atoms with E-state index in [1.165, 1.54) is 12.3 Å². The van der Waals surface area contributed by atoms with Crippen LogP contribution >= 0.6 is 0 Å². The first-order valence-corrected chi connectivity index (χ1v) is 7.50. The summed E-state index contributed by atoms with van der Waals surface area (Å²) in [6.45, 7) is 10.7. The fourth-order valence-corrected chi connectivity index (χ4v) is 2.24. The third-order valence-corrected chi connectivity index (χ3v) is 3.71. The molecule has 0 radical (unpaired) electrons. The maximum Gasteiger partial charge on any atom is 0.141 e. The van der Waals surface area contributed by atoms with Crippen molar-refractivity contribution in [2.24, 2.45) is 5.92 Å². The highest BCUT2D eigenvalue weighted by atomic mass is 19.1. The smallest absolute Gasteiger partial charge is 0.141 e. The van der Waals surface area contributed by atoms with Crippen molar-refractivity contribution in [2.75, 3.05) is 20.1 Å². The summed E-state index contributed by atoms with van der Waals surface area (Å²) in [6.07, 6.45) is 2.37. The van der Waals surface area contributed by atoms with Gasteiger partial charge in [-0.15, -0.1) is 0 Å². The van der Waals surface area contributed by atoms with Gasteiger partial charge in [0.15, 0.2) is 0 Å². The molecule has 3 nitrogen and oxygen atoms in total. The van der Waals surface area contributed by atoms with Gasteiger partial charge in [0.25, 0.3) is 0 Å². The molecule has 0 aliphatic carbocycles. The van der Waals surface area contributed by atoms with Gasteiger partial charge in [-0.2, -0.15) is 0 Å². The van der Waals surface area contributed by atoms with E-state index < -0.39 is 0 Å². The van der Waals surface area contributed by atoms with Crippen LogP contribution in [0.2, 0.25) is 0 Å². The minimum Gasteiger partial charge on any atom is -0.308 e. The Labute approximate surface area is 122 Å². The molecule has 20 heavy (non-hydrogen) atoms. The molecule has 0 amide bonds. The Bertz CT molecular complexity index is 378. The third-order valence-electron chi connectivity index (χ3n) is 3.71. The van der Waals surface area contributed by atoms with E-state index in [2.05, 4.69) is 49.9 Å². The first kappa shape index (κ1) is 17.1. The standard InChI is InChI=1S/C16H28FN3/c1-6-9-18-16(13(4)11-20(5)12(2)3)15-8-7-14(17)10-19-15/h7-8,10,12-13,16,18H,6,9,11H2,1-5H3. The summed E-state index contributed by atoms with van der Waals surface area (Å²) in [6, 6.07) is 3.96.